The number of H-pyrrole nitrogens is 1. The van der Waals surface area contributed by atoms with Crippen LogP contribution in [0.25, 0.3) is 0 Å². The second-order valence-electron chi connectivity index (χ2n) is 3.47. The normalized spacial score (nSPS) is 12.4. The van der Waals surface area contributed by atoms with E-state index in [0.29, 0.717) is 25.4 Å². The number of carbonyl (C=O) groups excluding carboxylic acids is 1. The maximum atomic E-state index is 11.5. The van der Waals surface area contributed by atoms with Crippen molar-refractivity contribution in [2.24, 2.45) is 0 Å². The molecule has 0 saturated carbocycles. The quantitative estimate of drug-likeness (QED) is 0.598. The van der Waals surface area contributed by atoms with Gasteiger partial charge in [0.1, 0.15) is 5.69 Å². The number of esters is 1. The minimum Gasteiger partial charge on any atom is -0.461 e. The number of nitrogens with zero attached hydrogens (tertiary/aromatic N) is 1. The van der Waals surface area contributed by atoms with E-state index in [1.807, 2.05) is 0 Å². The van der Waals surface area contributed by atoms with Crippen LogP contribution in [0, 0.1) is 0 Å². The molecule has 6 nitrogen and oxygen atoms in total. The fraction of sp³-hybridized carbons (Fsp3) is 0.600. The largest absolute Gasteiger partial charge is 0.461 e. The van der Waals surface area contributed by atoms with E-state index in [0.717, 1.165) is 5.56 Å². The molecule has 0 aliphatic carbocycles. The molecule has 6 heteroatoms. The van der Waals surface area contributed by atoms with Gasteiger partial charge in [0, 0.05) is 18.7 Å². The molecule has 0 fully saturated rings. The molecule has 0 aliphatic rings. The van der Waals surface area contributed by atoms with E-state index in [1.165, 1.54) is 0 Å². The fourth-order valence-corrected chi connectivity index (χ4v) is 1.24. The number of hydrogen-bond acceptors (Lipinski definition) is 5. The third-order valence-electron chi connectivity index (χ3n) is 1.95. The predicted octanol–water partition coefficient (Wildman–Crippen LogP) is 0.0568. The first-order valence-corrected chi connectivity index (χ1v) is 5.23. The van der Waals surface area contributed by atoms with Gasteiger partial charge in [0.2, 0.25) is 0 Å². The summed E-state index contributed by atoms with van der Waals surface area (Å²) in [6.45, 7) is 4.70. The Bertz CT molecular complexity index is 336. The van der Waals surface area contributed by atoms with Crippen LogP contribution in [0.5, 0.6) is 0 Å². The van der Waals surface area contributed by atoms with E-state index >= 15 is 0 Å². The predicted molar refractivity (Wildman–Crippen MR) is 57.9 cm³/mol. The van der Waals surface area contributed by atoms with E-state index in [-0.39, 0.29) is 0 Å². The third-order valence-corrected chi connectivity index (χ3v) is 1.95. The summed E-state index contributed by atoms with van der Waals surface area (Å²) in [6, 6.07) is 0. The van der Waals surface area contributed by atoms with E-state index < -0.39 is 12.1 Å². The van der Waals surface area contributed by atoms with E-state index in [4.69, 9.17) is 9.84 Å². The third kappa shape index (κ3) is 3.63. The summed E-state index contributed by atoms with van der Waals surface area (Å²) in [6.07, 6.45) is 1.15. The highest BCUT2D eigenvalue weighted by Crippen LogP contribution is 2.05. The molecule has 0 aromatic carbocycles. The van der Waals surface area contributed by atoms with Crippen molar-refractivity contribution in [1.29, 1.82) is 0 Å². The Kier molecular flexibility index (Phi) is 4.94. The lowest BCUT2D eigenvalue weighted by atomic mass is 10.2. The molecule has 0 spiro atoms. The van der Waals surface area contributed by atoms with Gasteiger partial charge in [0.25, 0.3) is 0 Å². The highest BCUT2D eigenvalue weighted by atomic mass is 16.5. The minimum absolute atomic E-state index is 0.332. The molecule has 90 valence electrons. The van der Waals surface area contributed by atoms with Crippen LogP contribution in [-0.2, 0) is 11.3 Å². The summed E-state index contributed by atoms with van der Waals surface area (Å²) in [7, 11) is 0. The molecule has 1 aromatic heterocycles. The maximum absolute atomic E-state index is 11.5. The summed E-state index contributed by atoms with van der Waals surface area (Å²) in [5, 5.41) is 18.5. The van der Waals surface area contributed by atoms with Crippen LogP contribution in [-0.4, -0.2) is 40.5 Å². The Balaban J connectivity index is 2.53. The first-order chi connectivity index (χ1) is 7.65. The zero-order valence-electron chi connectivity index (χ0n) is 9.49. The number of aliphatic hydroxyl groups is 1. The standard InChI is InChI=1S/C10H17N3O3/c1-3-16-10(15)9-8(6-12-13-9)5-11-4-7(2)14/h6-7,11,14H,3-5H2,1-2H3,(H,12,13). The van der Waals surface area contributed by atoms with E-state index in [1.54, 1.807) is 20.0 Å². The van der Waals surface area contributed by atoms with Crippen molar-refractivity contribution in [3.8, 4) is 0 Å². The second-order valence-corrected chi connectivity index (χ2v) is 3.47. The first kappa shape index (κ1) is 12.7. The van der Waals surface area contributed by atoms with Gasteiger partial charge in [-0.2, -0.15) is 5.10 Å². The van der Waals surface area contributed by atoms with Gasteiger partial charge in [-0.3, -0.25) is 5.10 Å². The van der Waals surface area contributed by atoms with Crippen molar-refractivity contribution < 1.29 is 14.6 Å². The van der Waals surface area contributed by atoms with Gasteiger partial charge in [-0.25, -0.2) is 4.79 Å². The van der Waals surface area contributed by atoms with Crippen molar-refractivity contribution >= 4 is 5.97 Å². The number of aromatic amines is 1. The van der Waals surface area contributed by atoms with Gasteiger partial charge >= 0.3 is 5.97 Å². The van der Waals surface area contributed by atoms with Gasteiger partial charge in [0.15, 0.2) is 0 Å². The average molecular weight is 227 g/mol. The lowest BCUT2D eigenvalue weighted by Crippen LogP contribution is -2.24. The molecule has 1 unspecified atom stereocenters. The Hall–Kier alpha value is -1.40. The van der Waals surface area contributed by atoms with E-state index in [9.17, 15) is 4.79 Å². The molecule has 3 N–H and O–H groups in total. The van der Waals surface area contributed by atoms with Crippen LogP contribution in [0.15, 0.2) is 6.20 Å². The van der Waals surface area contributed by atoms with Crippen LogP contribution in [0.2, 0.25) is 0 Å². The second kappa shape index (κ2) is 6.24. The van der Waals surface area contributed by atoms with E-state index in [2.05, 4.69) is 15.5 Å². The maximum Gasteiger partial charge on any atom is 0.356 e. The van der Waals surface area contributed by atoms with Gasteiger partial charge in [0.05, 0.1) is 18.9 Å². The molecule has 0 amide bonds. The number of hydrogen-bond donors (Lipinski definition) is 3. The summed E-state index contributed by atoms with van der Waals surface area (Å²) < 4.78 is 4.87. The lowest BCUT2D eigenvalue weighted by Gasteiger charge is -2.06. The number of aliphatic hydroxyl groups excluding tert-OH is 1. The van der Waals surface area contributed by atoms with Gasteiger partial charge in [-0.1, -0.05) is 0 Å². The molecule has 1 aromatic rings. The highest BCUT2D eigenvalue weighted by molar-refractivity contribution is 5.88. The topological polar surface area (TPSA) is 87.2 Å². The minimum atomic E-state index is -0.419. The van der Waals surface area contributed by atoms with Gasteiger partial charge in [-0.15, -0.1) is 0 Å². The Morgan fingerprint density at radius 2 is 2.50 bits per heavy atom. The zero-order valence-corrected chi connectivity index (χ0v) is 9.49. The smallest absolute Gasteiger partial charge is 0.356 e. The van der Waals surface area contributed by atoms with Crippen molar-refractivity contribution in [3.63, 3.8) is 0 Å². The van der Waals surface area contributed by atoms with Crippen LogP contribution >= 0.6 is 0 Å². The summed E-state index contributed by atoms with van der Waals surface area (Å²) in [4.78, 5) is 11.5. The molecule has 16 heavy (non-hydrogen) atoms. The van der Waals surface area contributed by atoms with Crippen LogP contribution in [0.3, 0.4) is 0 Å². The Morgan fingerprint density at radius 1 is 1.75 bits per heavy atom. The summed E-state index contributed by atoms with van der Waals surface area (Å²) in [5.74, 6) is -0.408. The van der Waals surface area contributed by atoms with Gasteiger partial charge in [-0.05, 0) is 13.8 Å². The number of carbonyl (C=O) groups is 1. The molecule has 1 atom stereocenters. The molecule has 0 radical (unpaired) electrons. The first-order valence-electron chi connectivity index (χ1n) is 5.23. The molecule has 0 aliphatic heterocycles. The molecule has 0 bridgehead atoms. The van der Waals surface area contributed by atoms with Crippen molar-refractivity contribution in [3.05, 3.63) is 17.5 Å². The molecular formula is C10H17N3O3. The monoisotopic (exact) mass is 227 g/mol. The molecular weight excluding hydrogens is 210 g/mol. The molecule has 0 saturated heterocycles. The van der Waals surface area contributed by atoms with Gasteiger partial charge < -0.3 is 15.2 Å². The van der Waals surface area contributed by atoms with Crippen LogP contribution < -0.4 is 5.32 Å². The molecule has 1 heterocycles. The summed E-state index contributed by atoms with van der Waals surface area (Å²) >= 11 is 0. The summed E-state index contributed by atoms with van der Waals surface area (Å²) in [5.41, 5.74) is 1.10. The average Bonchev–Trinajstić information content (AvgIpc) is 2.66. The highest BCUT2D eigenvalue weighted by Gasteiger charge is 2.14. The Morgan fingerprint density at radius 3 is 3.12 bits per heavy atom. The van der Waals surface area contributed by atoms with Crippen molar-refractivity contribution in [1.82, 2.24) is 15.5 Å². The molecule has 1 rings (SSSR count). The van der Waals surface area contributed by atoms with Crippen LogP contribution in [0.1, 0.15) is 29.9 Å². The van der Waals surface area contributed by atoms with Crippen molar-refractivity contribution in [2.45, 2.75) is 26.5 Å². The Labute approximate surface area is 94.0 Å². The SMILES string of the molecule is CCOC(=O)c1[nH]ncc1CNCC(C)O. The van der Waals surface area contributed by atoms with Crippen LogP contribution in [0.4, 0.5) is 0 Å². The zero-order chi connectivity index (χ0) is 12.0. The number of aromatic nitrogens is 2. The number of rotatable bonds is 6. The van der Waals surface area contributed by atoms with Crippen molar-refractivity contribution in [2.75, 3.05) is 13.2 Å². The fourth-order valence-electron chi connectivity index (χ4n) is 1.24. The lowest BCUT2D eigenvalue weighted by molar-refractivity contribution is 0.0518. The number of nitrogens with one attached hydrogen (secondary N) is 2. The number of ether oxygens (including phenoxy) is 1.